The van der Waals surface area contributed by atoms with Crippen molar-refractivity contribution in [2.45, 2.75) is 26.0 Å². The number of halogens is 1. The molecule has 0 amide bonds. The van der Waals surface area contributed by atoms with Gasteiger partial charge >= 0.3 is 0 Å². The van der Waals surface area contributed by atoms with E-state index in [2.05, 4.69) is 30.6 Å². The smallest absolute Gasteiger partial charge is 0.289 e. The van der Waals surface area contributed by atoms with Crippen LogP contribution in [0.15, 0.2) is 72.1 Å². The fourth-order valence-electron chi connectivity index (χ4n) is 3.47. The van der Waals surface area contributed by atoms with Gasteiger partial charge < -0.3 is 20.1 Å². The molecule has 172 valence electrons. The maximum Gasteiger partial charge on any atom is 0.289 e. The molecule has 0 spiro atoms. The summed E-state index contributed by atoms with van der Waals surface area (Å²) in [4.78, 5) is 17.6. The van der Waals surface area contributed by atoms with Crippen molar-refractivity contribution in [2.24, 2.45) is 4.99 Å². The number of fused-ring (bicyclic) bond motifs is 1. The first-order valence-electron chi connectivity index (χ1n) is 10.8. The minimum absolute atomic E-state index is 0.234. The van der Waals surface area contributed by atoms with E-state index in [0.717, 1.165) is 28.0 Å². The zero-order valence-electron chi connectivity index (χ0n) is 18.7. The number of hydrogen-bond acceptors (Lipinski definition) is 8. The van der Waals surface area contributed by atoms with E-state index in [0.29, 0.717) is 35.8 Å². The Morgan fingerprint density at radius 3 is 2.62 bits per heavy atom. The Labute approximate surface area is 202 Å². The lowest BCUT2D eigenvalue weighted by Gasteiger charge is -2.12. The summed E-state index contributed by atoms with van der Waals surface area (Å²) in [5.74, 6) is 1.23. The van der Waals surface area contributed by atoms with Crippen molar-refractivity contribution in [3.05, 3.63) is 77.8 Å². The van der Waals surface area contributed by atoms with E-state index in [-0.39, 0.29) is 5.54 Å². The van der Waals surface area contributed by atoms with E-state index >= 15 is 0 Å². The Hall–Kier alpha value is -3.91. The molecule has 0 saturated heterocycles. The second-order valence-electron chi connectivity index (χ2n) is 8.48. The van der Waals surface area contributed by atoms with Gasteiger partial charge in [0.05, 0.1) is 21.8 Å². The molecule has 2 aromatic heterocycles. The Morgan fingerprint density at radius 1 is 1.00 bits per heavy atom. The monoisotopic (exact) mass is 474 g/mol. The quantitative estimate of drug-likeness (QED) is 0.377. The lowest BCUT2D eigenvalue weighted by molar-refractivity contribution is 0.278. The zero-order valence-corrected chi connectivity index (χ0v) is 19.5. The van der Waals surface area contributed by atoms with Crippen LogP contribution >= 0.6 is 11.6 Å². The summed E-state index contributed by atoms with van der Waals surface area (Å²) in [5.41, 5.74) is 3.01. The van der Waals surface area contributed by atoms with Crippen LogP contribution in [0, 0.1) is 0 Å². The lowest BCUT2D eigenvalue weighted by atomic mass is 10.1. The molecule has 2 N–H and O–H groups in total. The first kappa shape index (κ1) is 21.9. The molecule has 0 saturated carbocycles. The molecule has 0 unspecified atom stereocenters. The Kier molecular flexibility index (Phi) is 5.90. The maximum atomic E-state index is 6.47. The molecule has 2 aromatic carbocycles. The number of aliphatic imine (C=N–C) groups is 1. The highest BCUT2D eigenvalue weighted by Crippen LogP contribution is 2.31. The lowest BCUT2D eigenvalue weighted by Crippen LogP contribution is -2.17. The largest absolute Gasteiger partial charge is 0.486 e. The maximum absolute atomic E-state index is 6.47. The van der Waals surface area contributed by atoms with Gasteiger partial charge in [-0.2, -0.15) is 0 Å². The Bertz CT molecular complexity index is 1360. The van der Waals surface area contributed by atoms with Gasteiger partial charge in [-0.05, 0) is 62.4 Å². The third-order valence-electron chi connectivity index (χ3n) is 5.15. The van der Waals surface area contributed by atoms with Crippen molar-refractivity contribution in [1.82, 2.24) is 15.0 Å². The Balaban J connectivity index is 1.34. The van der Waals surface area contributed by atoms with E-state index in [1.165, 1.54) is 6.33 Å². The van der Waals surface area contributed by atoms with E-state index in [4.69, 9.17) is 21.1 Å². The van der Waals surface area contributed by atoms with Gasteiger partial charge in [-0.3, -0.25) is 4.98 Å². The first-order chi connectivity index (χ1) is 16.4. The van der Waals surface area contributed by atoms with Gasteiger partial charge in [0.15, 0.2) is 0 Å². The summed E-state index contributed by atoms with van der Waals surface area (Å²) in [7, 11) is 0. The summed E-state index contributed by atoms with van der Waals surface area (Å²) >= 11 is 6.47. The third kappa shape index (κ3) is 5.02. The van der Waals surface area contributed by atoms with E-state index in [9.17, 15) is 0 Å². The minimum Gasteiger partial charge on any atom is -0.486 e. The predicted octanol–water partition coefficient (Wildman–Crippen LogP) is 5.58. The van der Waals surface area contributed by atoms with Crippen LogP contribution < -0.4 is 15.4 Å². The van der Waals surface area contributed by atoms with Crippen LogP contribution in [-0.4, -0.2) is 33.1 Å². The predicted molar refractivity (Wildman–Crippen MR) is 134 cm³/mol. The van der Waals surface area contributed by atoms with Gasteiger partial charge in [-0.1, -0.05) is 17.7 Å². The van der Waals surface area contributed by atoms with Gasteiger partial charge in [0.25, 0.3) is 6.02 Å². The topological polar surface area (TPSA) is 93.5 Å². The van der Waals surface area contributed by atoms with Gasteiger partial charge in [-0.25, -0.2) is 15.0 Å². The average Bonchev–Trinajstić information content (AvgIpc) is 3.17. The molecule has 0 aliphatic carbocycles. The normalized spacial score (nSPS) is 14.4. The third-order valence-corrected chi connectivity index (χ3v) is 5.44. The number of amidine groups is 1. The van der Waals surface area contributed by atoms with E-state index in [1.807, 2.05) is 62.4 Å². The number of benzene rings is 2. The molecular weight excluding hydrogens is 452 g/mol. The molecule has 0 fully saturated rings. The molecule has 3 heterocycles. The zero-order chi connectivity index (χ0) is 23.5. The second kappa shape index (κ2) is 9.15. The summed E-state index contributed by atoms with van der Waals surface area (Å²) in [6.07, 6.45) is 3.26. The van der Waals surface area contributed by atoms with Crippen molar-refractivity contribution >= 4 is 45.7 Å². The number of hydrogen-bond donors (Lipinski definition) is 2. The fourth-order valence-corrected chi connectivity index (χ4v) is 3.71. The number of anilines is 3. The summed E-state index contributed by atoms with van der Waals surface area (Å²) < 4.78 is 11.5. The molecule has 1 aliphatic heterocycles. The number of rotatable bonds is 6. The standard InChI is InChI=1S/C25H23ClN6O2/c1-25(2)14-34-24(32-25)31-16-6-8-21-19(11-16)23(29-15-28-21)30-17-7-9-22(20(26)12-17)33-13-18-5-3-4-10-27-18/h3-12,15H,13-14H2,1-2H3,(H,31,32)(H,28,29,30). The molecule has 34 heavy (non-hydrogen) atoms. The van der Waals surface area contributed by atoms with Crippen LogP contribution in [0.3, 0.4) is 0 Å². The highest BCUT2D eigenvalue weighted by atomic mass is 35.5. The minimum atomic E-state index is -0.234. The van der Waals surface area contributed by atoms with Crippen LogP contribution in [0.25, 0.3) is 10.9 Å². The van der Waals surface area contributed by atoms with Crippen LogP contribution in [0.4, 0.5) is 17.2 Å². The molecule has 8 nitrogen and oxygen atoms in total. The van der Waals surface area contributed by atoms with Crippen molar-refractivity contribution in [3.63, 3.8) is 0 Å². The van der Waals surface area contributed by atoms with Crippen molar-refractivity contribution in [1.29, 1.82) is 0 Å². The van der Waals surface area contributed by atoms with Gasteiger partial charge in [0.1, 0.15) is 31.1 Å². The number of pyridine rings is 1. The SMILES string of the molecule is CC1(C)COC(Nc2ccc3ncnc(Nc4ccc(OCc5ccccn5)c(Cl)c4)c3c2)=N1. The molecule has 9 heteroatoms. The van der Waals surface area contributed by atoms with E-state index < -0.39 is 0 Å². The molecule has 0 bridgehead atoms. The van der Waals surface area contributed by atoms with E-state index in [1.54, 1.807) is 12.3 Å². The van der Waals surface area contributed by atoms with Gasteiger partial charge in [0, 0.05) is 23.0 Å². The average molecular weight is 475 g/mol. The van der Waals surface area contributed by atoms with Gasteiger partial charge in [0.2, 0.25) is 0 Å². The summed E-state index contributed by atoms with van der Waals surface area (Å²) in [6.45, 7) is 4.93. The van der Waals surface area contributed by atoms with Crippen LogP contribution in [0.1, 0.15) is 19.5 Å². The molecule has 0 radical (unpaired) electrons. The molecule has 5 rings (SSSR count). The number of aromatic nitrogens is 3. The van der Waals surface area contributed by atoms with Gasteiger partial charge in [-0.15, -0.1) is 0 Å². The molecular formula is C25H23ClN6O2. The van der Waals surface area contributed by atoms with Crippen LogP contribution in [0.5, 0.6) is 5.75 Å². The summed E-state index contributed by atoms with van der Waals surface area (Å²) in [5, 5.41) is 7.89. The first-order valence-corrected chi connectivity index (χ1v) is 11.2. The van der Waals surface area contributed by atoms with Crippen molar-refractivity contribution < 1.29 is 9.47 Å². The van der Waals surface area contributed by atoms with Crippen LogP contribution in [-0.2, 0) is 11.3 Å². The van der Waals surface area contributed by atoms with Crippen molar-refractivity contribution in [3.8, 4) is 5.75 Å². The second-order valence-corrected chi connectivity index (χ2v) is 8.88. The molecule has 0 atom stereocenters. The number of nitrogens with one attached hydrogen (secondary N) is 2. The van der Waals surface area contributed by atoms with Crippen LogP contribution in [0.2, 0.25) is 5.02 Å². The summed E-state index contributed by atoms with van der Waals surface area (Å²) in [6, 6.07) is 17.5. The Morgan fingerprint density at radius 2 is 1.85 bits per heavy atom. The highest BCUT2D eigenvalue weighted by molar-refractivity contribution is 6.32. The fraction of sp³-hybridized carbons (Fsp3) is 0.200. The molecule has 1 aliphatic rings. The van der Waals surface area contributed by atoms with Crippen molar-refractivity contribution in [2.75, 3.05) is 17.2 Å². The molecule has 4 aromatic rings. The number of nitrogens with zero attached hydrogens (tertiary/aromatic N) is 4. The number of ether oxygens (including phenoxy) is 2. The highest BCUT2D eigenvalue weighted by Gasteiger charge is 2.26.